The number of ether oxygens (including phenoxy) is 2. The molecule has 0 atom stereocenters. The lowest BCUT2D eigenvalue weighted by Crippen LogP contribution is -2.10. The van der Waals surface area contributed by atoms with Crippen LogP contribution >= 0.6 is 11.6 Å². The van der Waals surface area contributed by atoms with Crippen molar-refractivity contribution in [1.29, 1.82) is 0 Å². The predicted molar refractivity (Wildman–Crippen MR) is 74.6 cm³/mol. The molecule has 0 aliphatic heterocycles. The van der Waals surface area contributed by atoms with Gasteiger partial charge in [0.25, 0.3) is 5.69 Å². The standard InChI is InChI=1S/C11H10ClN5O4/c1-20-8-3-2-6(17(18)19)4-9(8)21-10-7(12)5-14-11(15-10)16-13/h2-5H,13H2,1H3,(H,14,15,16). The van der Waals surface area contributed by atoms with Crippen LogP contribution in [-0.4, -0.2) is 22.0 Å². The van der Waals surface area contributed by atoms with Crippen molar-refractivity contribution in [2.75, 3.05) is 12.5 Å². The molecule has 0 aliphatic rings. The number of halogens is 1. The van der Waals surface area contributed by atoms with E-state index in [1.54, 1.807) is 0 Å². The van der Waals surface area contributed by atoms with Crippen LogP contribution in [-0.2, 0) is 0 Å². The molecule has 9 nitrogen and oxygen atoms in total. The third kappa shape index (κ3) is 3.27. The third-order valence-corrected chi connectivity index (χ3v) is 2.66. The minimum atomic E-state index is -0.555. The maximum Gasteiger partial charge on any atom is 0.273 e. The third-order valence-electron chi connectivity index (χ3n) is 2.41. The lowest BCUT2D eigenvalue weighted by Gasteiger charge is -2.10. The highest BCUT2D eigenvalue weighted by molar-refractivity contribution is 6.31. The zero-order valence-electron chi connectivity index (χ0n) is 10.7. The molecule has 2 rings (SSSR count). The smallest absolute Gasteiger partial charge is 0.273 e. The number of hydrazine groups is 1. The van der Waals surface area contributed by atoms with Gasteiger partial charge in [0, 0.05) is 6.07 Å². The van der Waals surface area contributed by atoms with E-state index in [1.807, 2.05) is 0 Å². The summed E-state index contributed by atoms with van der Waals surface area (Å²) in [6.45, 7) is 0. The van der Waals surface area contributed by atoms with Crippen LogP contribution in [0.2, 0.25) is 5.02 Å². The van der Waals surface area contributed by atoms with Crippen LogP contribution in [0.1, 0.15) is 0 Å². The van der Waals surface area contributed by atoms with Crippen molar-refractivity contribution >= 4 is 23.2 Å². The Hall–Kier alpha value is -2.65. The monoisotopic (exact) mass is 311 g/mol. The molecule has 0 amide bonds. The van der Waals surface area contributed by atoms with Crippen molar-refractivity contribution in [1.82, 2.24) is 9.97 Å². The van der Waals surface area contributed by atoms with Crippen molar-refractivity contribution in [2.24, 2.45) is 5.84 Å². The maximum absolute atomic E-state index is 10.8. The van der Waals surface area contributed by atoms with Crippen LogP contribution < -0.4 is 20.7 Å². The predicted octanol–water partition coefficient (Wildman–Crippen LogP) is 2.12. The Balaban J connectivity index is 2.42. The summed E-state index contributed by atoms with van der Waals surface area (Å²) in [5, 5.41) is 10.9. The zero-order valence-corrected chi connectivity index (χ0v) is 11.5. The number of benzene rings is 1. The van der Waals surface area contributed by atoms with E-state index in [2.05, 4.69) is 15.4 Å². The van der Waals surface area contributed by atoms with Gasteiger partial charge in [-0.15, -0.1) is 0 Å². The normalized spacial score (nSPS) is 10.0. The van der Waals surface area contributed by atoms with Crippen LogP contribution in [0.15, 0.2) is 24.4 Å². The fourth-order valence-corrected chi connectivity index (χ4v) is 1.59. The summed E-state index contributed by atoms with van der Waals surface area (Å²) < 4.78 is 10.5. The van der Waals surface area contributed by atoms with Crippen LogP contribution in [0.4, 0.5) is 11.6 Å². The quantitative estimate of drug-likeness (QED) is 0.488. The largest absolute Gasteiger partial charge is 0.493 e. The van der Waals surface area contributed by atoms with Gasteiger partial charge in [-0.25, -0.2) is 10.8 Å². The molecule has 0 fully saturated rings. The van der Waals surface area contributed by atoms with Gasteiger partial charge in [-0.3, -0.25) is 15.5 Å². The van der Waals surface area contributed by atoms with E-state index < -0.39 is 4.92 Å². The van der Waals surface area contributed by atoms with Gasteiger partial charge in [0.05, 0.1) is 24.3 Å². The number of methoxy groups -OCH3 is 1. The van der Waals surface area contributed by atoms with E-state index in [9.17, 15) is 10.1 Å². The molecule has 1 heterocycles. The molecule has 0 spiro atoms. The Labute approximate surface area is 123 Å². The Morgan fingerprint density at radius 3 is 2.81 bits per heavy atom. The highest BCUT2D eigenvalue weighted by Gasteiger charge is 2.16. The molecule has 1 aromatic heterocycles. The number of nitrogens with two attached hydrogens (primary N) is 1. The minimum Gasteiger partial charge on any atom is -0.493 e. The van der Waals surface area contributed by atoms with Crippen LogP contribution in [0.3, 0.4) is 0 Å². The lowest BCUT2D eigenvalue weighted by molar-refractivity contribution is -0.384. The number of nitrogen functional groups attached to an aromatic ring is 1. The van der Waals surface area contributed by atoms with Gasteiger partial charge in [0.2, 0.25) is 11.8 Å². The highest BCUT2D eigenvalue weighted by atomic mass is 35.5. The summed E-state index contributed by atoms with van der Waals surface area (Å²) >= 11 is 5.91. The molecule has 21 heavy (non-hydrogen) atoms. The molecular formula is C11H10ClN5O4. The van der Waals surface area contributed by atoms with E-state index in [0.717, 1.165) is 0 Å². The number of nitrogens with zero attached hydrogens (tertiary/aromatic N) is 3. The summed E-state index contributed by atoms with van der Waals surface area (Å²) in [5.41, 5.74) is 2.08. The molecule has 0 radical (unpaired) electrons. The first-order valence-electron chi connectivity index (χ1n) is 5.54. The van der Waals surface area contributed by atoms with Crippen LogP contribution in [0.5, 0.6) is 17.4 Å². The Bertz CT molecular complexity index is 682. The Kier molecular flexibility index (Phi) is 4.36. The van der Waals surface area contributed by atoms with E-state index in [4.69, 9.17) is 26.9 Å². The van der Waals surface area contributed by atoms with Crippen LogP contribution in [0, 0.1) is 10.1 Å². The molecule has 0 aliphatic carbocycles. The van der Waals surface area contributed by atoms with E-state index in [-0.39, 0.29) is 34.0 Å². The molecule has 0 saturated heterocycles. The number of hydrogen-bond acceptors (Lipinski definition) is 8. The minimum absolute atomic E-state index is 0.0154. The van der Waals surface area contributed by atoms with Gasteiger partial charge in [-0.2, -0.15) is 4.98 Å². The molecular weight excluding hydrogens is 302 g/mol. The second kappa shape index (κ2) is 6.20. The molecule has 1 aromatic carbocycles. The van der Waals surface area contributed by atoms with Crippen molar-refractivity contribution in [3.8, 4) is 17.4 Å². The van der Waals surface area contributed by atoms with Crippen molar-refractivity contribution in [3.63, 3.8) is 0 Å². The fourth-order valence-electron chi connectivity index (χ4n) is 1.46. The summed E-state index contributed by atoms with van der Waals surface area (Å²) in [4.78, 5) is 17.9. The van der Waals surface area contributed by atoms with Gasteiger partial charge in [-0.1, -0.05) is 11.6 Å². The fraction of sp³-hybridized carbons (Fsp3) is 0.0909. The first kappa shape index (κ1) is 14.8. The van der Waals surface area contributed by atoms with Gasteiger partial charge in [-0.05, 0) is 6.07 Å². The van der Waals surface area contributed by atoms with Gasteiger partial charge >= 0.3 is 0 Å². The van der Waals surface area contributed by atoms with Crippen LogP contribution in [0.25, 0.3) is 0 Å². The number of nitro benzene ring substituents is 1. The number of nitro groups is 1. The first-order valence-corrected chi connectivity index (χ1v) is 5.92. The van der Waals surface area contributed by atoms with Gasteiger partial charge in [0.1, 0.15) is 5.02 Å². The van der Waals surface area contributed by atoms with Crippen molar-refractivity contribution in [3.05, 3.63) is 39.5 Å². The summed E-state index contributed by atoms with van der Waals surface area (Å²) in [6, 6.07) is 3.90. The maximum atomic E-state index is 10.8. The molecule has 2 aromatic rings. The number of rotatable bonds is 5. The molecule has 0 saturated carbocycles. The number of nitrogens with one attached hydrogen (secondary N) is 1. The molecule has 3 N–H and O–H groups in total. The Morgan fingerprint density at radius 1 is 1.43 bits per heavy atom. The first-order chi connectivity index (χ1) is 10.0. The Morgan fingerprint density at radius 2 is 2.19 bits per heavy atom. The molecule has 0 bridgehead atoms. The van der Waals surface area contributed by atoms with E-state index in [0.29, 0.717) is 0 Å². The molecule has 10 heteroatoms. The van der Waals surface area contributed by atoms with Gasteiger partial charge in [0.15, 0.2) is 11.5 Å². The zero-order chi connectivity index (χ0) is 15.4. The number of anilines is 1. The number of aromatic nitrogens is 2. The average molecular weight is 312 g/mol. The SMILES string of the molecule is COc1ccc([N+](=O)[O-])cc1Oc1nc(NN)ncc1Cl. The van der Waals surface area contributed by atoms with Crippen molar-refractivity contribution < 1.29 is 14.4 Å². The highest BCUT2D eigenvalue weighted by Crippen LogP contribution is 2.36. The number of non-ortho nitro benzene ring substituents is 1. The second-order valence-corrected chi connectivity index (χ2v) is 4.09. The topological polar surface area (TPSA) is 125 Å². The number of hydrogen-bond donors (Lipinski definition) is 2. The summed E-state index contributed by atoms with van der Waals surface area (Å²) in [5.74, 6) is 5.64. The van der Waals surface area contributed by atoms with E-state index in [1.165, 1.54) is 31.5 Å². The van der Waals surface area contributed by atoms with E-state index >= 15 is 0 Å². The summed E-state index contributed by atoms with van der Waals surface area (Å²) in [7, 11) is 1.41. The second-order valence-electron chi connectivity index (χ2n) is 3.69. The van der Waals surface area contributed by atoms with Crippen molar-refractivity contribution in [2.45, 2.75) is 0 Å². The average Bonchev–Trinajstić information content (AvgIpc) is 2.49. The lowest BCUT2D eigenvalue weighted by atomic mass is 10.3. The summed E-state index contributed by atoms with van der Waals surface area (Å²) in [6.07, 6.45) is 1.28. The van der Waals surface area contributed by atoms with Gasteiger partial charge < -0.3 is 9.47 Å². The molecule has 0 unspecified atom stereocenters. The molecule has 110 valence electrons.